The fourth-order valence-corrected chi connectivity index (χ4v) is 3.60. The van der Waals surface area contributed by atoms with E-state index >= 15 is 0 Å². The van der Waals surface area contributed by atoms with Crippen LogP contribution in [0.3, 0.4) is 0 Å². The second-order valence-electron chi connectivity index (χ2n) is 7.56. The molecule has 0 fully saturated rings. The van der Waals surface area contributed by atoms with E-state index in [-0.39, 0.29) is 18.5 Å². The topological polar surface area (TPSA) is 55.3 Å². The first kappa shape index (κ1) is 19.5. The van der Waals surface area contributed by atoms with Gasteiger partial charge in [-0.05, 0) is 30.2 Å². The average Bonchev–Trinajstić information content (AvgIpc) is 2.63. The van der Waals surface area contributed by atoms with E-state index in [1.807, 2.05) is 30.3 Å². The summed E-state index contributed by atoms with van der Waals surface area (Å²) in [6.07, 6.45) is 1.93. The number of hydrogen-bond donors (Lipinski definition) is 0. The lowest BCUT2D eigenvalue weighted by atomic mass is 9.76. The normalized spacial score (nSPS) is 15.1. The van der Waals surface area contributed by atoms with Gasteiger partial charge in [-0.2, -0.15) is 0 Å². The van der Waals surface area contributed by atoms with Crippen molar-refractivity contribution in [2.45, 2.75) is 46.2 Å². The predicted molar refractivity (Wildman–Crippen MR) is 101 cm³/mol. The maximum Gasteiger partial charge on any atom is 0.412 e. The Morgan fingerprint density at radius 2 is 2.00 bits per heavy atom. The third kappa shape index (κ3) is 4.95. The fourth-order valence-electron chi connectivity index (χ4n) is 3.32. The van der Waals surface area contributed by atoms with Crippen LogP contribution in [-0.4, -0.2) is 27.8 Å². The summed E-state index contributed by atoms with van der Waals surface area (Å²) < 4.78 is 17.1. The molecule has 0 N–H and O–H groups in total. The molecule has 7 heteroatoms. The number of fused-ring (bicyclic) bond motifs is 1. The lowest BCUT2D eigenvalue weighted by Crippen LogP contribution is -2.32. The van der Waals surface area contributed by atoms with Gasteiger partial charge in [-0.3, -0.25) is 4.90 Å². The van der Waals surface area contributed by atoms with Gasteiger partial charge in [0, 0.05) is 17.8 Å². The van der Waals surface area contributed by atoms with Crippen LogP contribution in [0.25, 0.3) is 0 Å². The molecule has 144 valence electrons. The van der Waals surface area contributed by atoms with Crippen LogP contribution in [0.15, 0.2) is 30.3 Å². The molecule has 0 spiro atoms. The number of carbonyl (C=O) groups excluding carboxylic acids is 1. The number of halogens is 2. The number of amides is 1. The minimum Gasteiger partial charge on any atom is -0.417 e. The number of alkyl halides is 1. The quantitative estimate of drug-likeness (QED) is 0.692. The van der Waals surface area contributed by atoms with Crippen molar-refractivity contribution >= 4 is 17.7 Å². The third-order valence-electron chi connectivity index (χ3n) is 4.77. The standard InChI is InChI=1S/C20H23ClFN3O2/c1-20(2)9-8-16-15(10-20)18(21)24-17(23-16)12-25(19(26)27-13-22)11-14-6-4-3-5-7-14/h3-7H,8-13H2,1-2H3. The van der Waals surface area contributed by atoms with Gasteiger partial charge in [0.05, 0.1) is 6.54 Å². The molecule has 5 nitrogen and oxygen atoms in total. The van der Waals surface area contributed by atoms with Crippen molar-refractivity contribution in [2.24, 2.45) is 5.41 Å². The summed E-state index contributed by atoms with van der Waals surface area (Å²) in [5.41, 5.74) is 2.99. The van der Waals surface area contributed by atoms with Gasteiger partial charge in [0.25, 0.3) is 0 Å². The summed E-state index contributed by atoms with van der Waals surface area (Å²) in [4.78, 5) is 22.6. The van der Waals surface area contributed by atoms with Crippen LogP contribution in [0.2, 0.25) is 5.15 Å². The molecule has 1 heterocycles. The van der Waals surface area contributed by atoms with Crippen molar-refractivity contribution in [1.29, 1.82) is 0 Å². The average molecular weight is 392 g/mol. The van der Waals surface area contributed by atoms with Crippen LogP contribution in [0.5, 0.6) is 0 Å². The van der Waals surface area contributed by atoms with Gasteiger partial charge in [-0.1, -0.05) is 55.8 Å². The number of aromatic nitrogens is 2. The molecule has 1 aliphatic rings. The molecule has 1 aromatic carbocycles. The Labute approximate surface area is 163 Å². The van der Waals surface area contributed by atoms with E-state index in [2.05, 4.69) is 28.6 Å². The van der Waals surface area contributed by atoms with Crippen molar-refractivity contribution < 1.29 is 13.9 Å². The van der Waals surface area contributed by atoms with Crippen molar-refractivity contribution in [3.63, 3.8) is 0 Å². The first-order valence-corrected chi connectivity index (χ1v) is 9.31. The van der Waals surface area contributed by atoms with Gasteiger partial charge in [-0.25, -0.2) is 19.2 Å². The second-order valence-corrected chi connectivity index (χ2v) is 7.92. The zero-order valence-electron chi connectivity index (χ0n) is 15.5. The Morgan fingerprint density at radius 3 is 2.70 bits per heavy atom. The first-order chi connectivity index (χ1) is 12.9. The van der Waals surface area contributed by atoms with E-state index in [1.54, 1.807) is 0 Å². The minimum atomic E-state index is -1.18. The van der Waals surface area contributed by atoms with Crippen LogP contribution < -0.4 is 0 Å². The summed E-state index contributed by atoms with van der Waals surface area (Å²) in [5, 5.41) is 0.432. The summed E-state index contributed by atoms with van der Waals surface area (Å²) in [6.45, 7) is 3.60. The predicted octanol–water partition coefficient (Wildman–Crippen LogP) is 4.71. The molecule has 0 aliphatic heterocycles. The number of nitrogens with zero attached hydrogens (tertiary/aromatic N) is 3. The number of ether oxygens (including phenoxy) is 1. The molecule has 0 atom stereocenters. The molecule has 2 aromatic rings. The molecular formula is C20H23ClFN3O2. The molecule has 3 rings (SSSR count). The summed E-state index contributed by atoms with van der Waals surface area (Å²) in [5.74, 6) is 0.435. The lowest BCUT2D eigenvalue weighted by Gasteiger charge is -2.31. The number of carbonyl (C=O) groups is 1. The van der Waals surface area contributed by atoms with E-state index in [0.29, 0.717) is 11.0 Å². The smallest absolute Gasteiger partial charge is 0.412 e. The summed E-state index contributed by atoms with van der Waals surface area (Å²) in [6, 6.07) is 9.42. The van der Waals surface area contributed by atoms with Crippen LogP contribution in [0.4, 0.5) is 9.18 Å². The van der Waals surface area contributed by atoms with Gasteiger partial charge in [0.2, 0.25) is 6.86 Å². The highest BCUT2D eigenvalue weighted by atomic mass is 35.5. The zero-order valence-corrected chi connectivity index (χ0v) is 16.3. The molecule has 0 bridgehead atoms. The molecule has 0 radical (unpaired) electrons. The third-order valence-corrected chi connectivity index (χ3v) is 5.08. The van der Waals surface area contributed by atoms with Crippen LogP contribution in [0, 0.1) is 5.41 Å². The number of aryl methyl sites for hydroxylation is 1. The molecule has 1 aliphatic carbocycles. The maximum atomic E-state index is 12.5. The van der Waals surface area contributed by atoms with Crippen LogP contribution >= 0.6 is 11.6 Å². The Kier molecular flexibility index (Phi) is 5.95. The fraction of sp³-hybridized carbons (Fsp3) is 0.450. The molecule has 27 heavy (non-hydrogen) atoms. The Balaban J connectivity index is 1.83. The highest BCUT2D eigenvalue weighted by Crippen LogP contribution is 2.36. The van der Waals surface area contributed by atoms with E-state index in [1.165, 1.54) is 4.90 Å². The Morgan fingerprint density at radius 1 is 1.26 bits per heavy atom. The monoisotopic (exact) mass is 391 g/mol. The van der Waals surface area contributed by atoms with E-state index in [9.17, 15) is 9.18 Å². The first-order valence-electron chi connectivity index (χ1n) is 8.94. The Hall–Kier alpha value is -2.21. The number of hydrogen-bond acceptors (Lipinski definition) is 4. The maximum absolute atomic E-state index is 12.5. The summed E-state index contributed by atoms with van der Waals surface area (Å²) >= 11 is 6.41. The van der Waals surface area contributed by atoms with Crippen molar-refractivity contribution in [3.8, 4) is 0 Å². The van der Waals surface area contributed by atoms with Gasteiger partial charge < -0.3 is 4.74 Å². The highest BCUT2D eigenvalue weighted by molar-refractivity contribution is 6.30. The van der Waals surface area contributed by atoms with Gasteiger partial charge in [-0.15, -0.1) is 0 Å². The van der Waals surface area contributed by atoms with Gasteiger partial charge in [0.1, 0.15) is 11.0 Å². The van der Waals surface area contributed by atoms with E-state index in [4.69, 9.17) is 11.6 Å². The molecule has 0 saturated carbocycles. The van der Waals surface area contributed by atoms with Crippen LogP contribution in [-0.2, 0) is 30.7 Å². The molecule has 1 amide bonds. The summed E-state index contributed by atoms with van der Waals surface area (Å²) in [7, 11) is 0. The highest BCUT2D eigenvalue weighted by Gasteiger charge is 2.29. The number of benzene rings is 1. The molecule has 0 saturated heterocycles. The lowest BCUT2D eigenvalue weighted by molar-refractivity contribution is 0.0600. The SMILES string of the molecule is CC1(C)CCc2nc(CN(Cc3ccccc3)C(=O)OCF)nc(Cl)c2C1. The van der Waals surface area contributed by atoms with Crippen molar-refractivity contribution in [2.75, 3.05) is 6.86 Å². The molecule has 1 aromatic heterocycles. The van der Waals surface area contributed by atoms with Gasteiger partial charge in [0.15, 0.2) is 0 Å². The minimum absolute atomic E-state index is 0.101. The zero-order chi connectivity index (χ0) is 19.4. The van der Waals surface area contributed by atoms with E-state index < -0.39 is 13.0 Å². The Bertz CT molecular complexity index is 814. The largest absolute Gasteiger partial charge is 0.417 e. The molecule has 0 unspecified atom stereocenters. The number of rotatable bonds is 5. The van der Waals surface area contributed by atoms with E-state index in [0.717, 1.165) is 36.1 Å². The van der Waals surface area contributed by atoms with Crippen LogP contribution in [0.1, 0.15) is 42.9 Å². The molecular weight excluding hydrogens is 369 g/mol. The second kappa shape index (κ2) is 8.21. The van der Waals surface area contributed by atoms with Crippen molar-refractivity contribution in [3.05, 3.63) is 58.1 Å². The van der Waals surface area contributed by atoms with Gasteiger partial charge >= 0.3 is 6.09 Å². The van der Waals surface area contributed by atoms with Crippen molar-refractivity contribution in [1.82, 2.24) is 14.9 Å².